The molecule has 7 nitrogen and oxygen atoms in total. The summed E-state index contributed by atoms with van der Waals surface area (Å²) in [5, 5.41) is 5.44. The van der Waals surface area contributed by atoms with Crippen LogP contribution in [0.2, 0.25) is 0 Å². The summed E-state index contributed by atoms with van der Waals surface area (Å²) in [6, 6.07) is 1.96. The number of nitrogens with zero attached hydrogens (tertiary/aromatic N) is 5. The first-order valence-electron chi connectivity index (χ1n) is 7.93. The van der Waals surface area contributed by atoms with Crippen LogP contribution in [-0.2, 0) is 4.79 Å². The molecule has 1 amide bonds. The molecular weight excluding hydrogens is 324 g/mol. The Bertz CT molecular complexity index is 704. The summed E-state index contributed by atoms with van der Waals surface area (Å²) in [5.41, 5.74) is -0.465. The number of carbonyl (C=O) groups is 1. The third-order valence-electron chi connectivity index (χ3n) is 4.32. The third-order valence-corrected chi connectivity index (χ3v) is 5.01. The Morgan fingerprint density at radius 3 is 2.92 bits per heavy atom. The van der Waals surface area contributed by atoms with E-state index in [4.69, 9.17) is 0 Å². The Labute approximate surface area is 145 Å². The number of aromatic nitrogens is 3. The van der Waals surface area contributed by atoms with Gasteiger partial charge in [-0.2, -0.15) is 0 Å². The fourth-order valence-electron chi connectivity index (χ4n) is 2.91. The lowest BCUT2D eigenvalue weighted by atomic mass is 9.81. The summed E-state index contributed by atoms with van der Waals surface area (Å²) in [7, 11) is 3.90. The predicted octanol–water partition coefficient (Wildman–Crippen LogP) is 2.24. The van der Waals surface area contributed by atoms with Gasteiger partial charge in [-0.25, -0.2) is 15.0 Å². The summed E-state index contributed by atoms with van der Waals surface area (Å²) in [6.07, 6.45) is 5.07. The van der Waals surface area contributed by atoms with Gasteiger partial charge < -0.3 is 15.1 Å². The highest BCUT2D eigenvalue weighted by molar-refractivity contribution is 7.13. The smallest absolute Gasteiger partial charge is 0.233 e. The van der Waals surface area contributed by atoms with Crippen molar-refractivity contribution in [2.24, 2.45) is 5.41 Å². The fourth-order valence-corrected chi connectivity index (χ4v) is 3.43. The molecule has 0 saturated carbocycles. The maximum Gasteiger partial charge on any atom is 0.233 e. The van der Waals surface area contributed by atoms with Gasteiger partial charge in [0.25, 0.3) is 0 Å². The summed E-state index contributed by atoms with van der Waals surface area (Å²) < 4.78 is 0. The van der Waals surface area contributed by atoms with Gasteiger partial charge in [-0.1, -0.05) is 0 Å². The Morgan fingerprint density at radius 2 is 2.21 bits per heavy atom. The second-order valence-corrected chi connectivity index (χ2v) is 7.40. The van der Waals surface area contributed by atoms with Gasteiger partial charge in [0, 0.05) is 44.8 Å². The molecule has 0 radical (unpaired) electrons. The lowest BCUT2D eigenvalue weighted by Crippen LogP contribution is -2.48. The minimum Gasteiger partial charge on any atom is -0.363 e. The van der Waals surface area contributed by atoms with E-state index in [9.17, 15) is 4.79 Å². The Hall–Kier alpha value is -2.22. The minimum absolute atomic E-state index is 0.0176. The first-order chi connectivity index (χ1) is 11.5. The molecule has 0 spiro atoms. The van der Waals surface area contributed by atoms with Gasteiger partial charge in [0.15, 0.2) is 5.13 Å². The Balaban J connectivity index is 1.75. The molecule has 3 rings (SSSR count). The molecule has 0 aromatic carbocycles. The number of carbonyl (C=O) groups excluding carboxylic acids is 1. The van der Waals surface area contributed by atoms with E-state index in [1.807, 2.05) is 37.4 Å². The second kappa shape index (κ2) is 6.72. The van der Waals surface area contributed by atoms with Gasteiger partial charge >= 0.3 is 0 Å². The van der Waals surface area contributed by atoms with Gasteiger partial charge in [-0.3, -0.25) is 4.79 Å². The highest BCUT2D eigenvalue weighted by Crippen LogP contribution is 2.33. The van der Waals surface area contributed by atoms with Crippen LogP contribution < -0.4 is 15.1 Å². The molecule has 1 aliphatic heterocycles. The van der Waals surface area contributed by atoms with E-state index in [0.29, 0.717) is 11.7 Å². The van der Waals surface area contributed by atoms with Gasteiger partial charge in [0.05, 0.1) is 5.41 Å². The number of hydrogen-bond acceptors (Lipinski definition) is 7. The van der Waals surface area contributed by atoms with Crippen LogP contribution >= 0.6 is 11.3 Å². The van der Waals surface area contributed by atoms with Gasteiger partial charge in [0.2, 0.25) is 5.91 Å². The highest BCUT2D eigenvalue weighted by atomic mass is 32.1. The highest BCUT2D eigenvalue weighted by Gasteiger charge is 2.38. The molecule has 8 heteroatoms. The number of thiazole rings is 1. The standard InChI is InChI=1S/C16H22N6OS/c1-16(14(23)20-15-17-6-8-24-15)5-4-7-22(10-16)13-9-12(21(2)3)18-11-19-13/h6,8-9,11H,4-5,7,10H2,1-3H3,(H,17,20,23)/t16-/m1/s1. The van der Waals surface area contributed by atoms with E-state index < -0.39 is 5.41 Å². The van der Waals surface area contributed by atoms with E-state index in [1.165, 1.54) is 11.3 Å². The van der Waals surface area contributed by atoms with Crippen LogP contribution in [-0.4, -0.2) is 48.0 Å². The molecule has 0 unspecified atom stereocenters. The molecule has 0 bridgehead atoms. The van der Waals surface area contributed by atoms with Crippen LogP contribution in [0.25, 0.3) is 0 Å². The van der Waals surface area contributed by atoms with Crippen molar-refractivity contribution in [1.82, 2.24) is 15.0 Å². The topological polar surface area (TPSA) is 74.2 Å². The number of piperidine rings is 1. The second-order valence-electron chi connectivity index (χ2n) is 6.51. The zero-order chi connectivity index (χ0) is 17.2. The summed E-state index contributed by atoms with van der Waals surface area (Å²) in [6.45, 7) is 3.54. The Morgan fingerprint density at radius 1 is 1.38 bits per heavy atom. The predicted molar refractivity (Wildman–Crippen MR) is 96.7 cm³/mol. The van der Waals surface area contributed by atoms with Crippen molar-refractivity contribution in [3.05, 3.63) is 24.0 Å². The molecular formula is C16H22N6OS. The van der Waals surface area contributed by atoms with Crippen LogP contribution in [0.1, 0.15) is 19.8 Å². The zero-order valence-electron chi connectivity index (χ0n) is 14.2. The molecule has 128 valence electrons. The van der Waals surface area contributed by atoms with Gasteiger partial charge in [0.1, 0.15) is 18.0 Å². The SMILES string of the molecule is CN(C)c1cc(N2CCC[C@@](C)(C(=O)Nc3nccs3)C2)ncn1. The molecule has 1 atom stereocenters. The summed E-state index contributed by atoms with van der Waals surface area (Å²) in [5.74, 6) is 1.74. The van der Waals surface area contributed by atoms with Gasteiger partial charge in [-0.05, 0) is 19.8 Å². The van der Waals surface area contributed by atoms with Crippen molar-refractivity contribution >= 4 is 34.0 Å². The maximum atomic E-state index is 12.7. The van der Waals surface area contributed by atoms with Crippen molar-refractivity contribution in [1.29, 1.82) is 0 Å². The largest absolute Gasteiger partial charge is 0.363 e. The van der Waals surface area contributed by atoms with E-state index in [2.05, 4.69) is 25.2 Å². The average Bonchev–Trinajstić information content (AvgIpc) is 3.08. The molecule has 1 N–H and O–H groups in total. The van der Waals surface area contributed by atoms with Crippen LogP contribution in [0.15, 0.2) is 24.0 Å². The zero-order valence-corrected chi connectivity index (χ0v) is 15.0. The third kappa shape index (κ3) is 3.48. The van der Waals surface area contributed by atoms with E-state index in [1.54, 1.807) is 12.5 Å². The van der Waals surface area contributed by atoms with E-state index in [0.717, 1.165) is 31.0 Å². The normalized spacial score (nSPS) is 20.7. The average molecular weight is 346 g/mol. The fraction of sp³-hybridized carbons (Fsp3) is 0.500. The van der Waals surface area contributed by atoms with Crippen molar-refractivity contribution < 1.29 is 4.79 Å². The first kappa shape index (κ1) is 16.6. The molecule has 24 heavy (non-hydrogen) atoms. The molecule has 2 aromatic rings. The molecule has 0 aliphatic carbocycles. The molecule has 1 aliphatic rings. The molecule has 1 fully saturated rings. The van der Waals surface area contributed by atoms with E-state index in [-0.39, 0.29) is 5.91 Å². The number of nitrogens with one attached hydrogen (secondary N) is 1. The quantitative estimate of drug-likeness (QED) is 0.915. The van der Waals surface area contributed by atoms with Crippen LogP contribution in [0, 0.1) is 5.41 Å². The number of hydrogen-bond donors (Lipinski definition) is 1. The number of rotatable bonds is 4. The van der Waals surface area contributed by atoms with Crippen LogP contribution in [0.3, 0.4) is 0 Å². The summed E-state index contributed by atoms with van der Waals surface area (Å²) >= 11 is 1.43. The monoisotopic (exact) mass is 346 g/mol. The van der Waals surface area contributed by atoms with Crippen molar-refractivity contribution in [3.8, 4) is 0 Å². The molecule has 3 heterocycles. The van der Waals surface area contributed by atoms with Crippen molar-refractivity contribution in [2.75, 3.05) is 42.3 Å². The van der Waals surface area contributed by atoms with E-state index >= 15 is 0 Å². The molecule has 1 saturated heterocycles. The van der Waals surface area contributed by atoms with Crippen molar-refractivity contribution in [3.63, 3.8) is 0 Å². The Kier molecular flexibility index (Phi) is 4.66. The lowest BCUT2D eigenvalue weighted by Gasteiger charge is -2.39. The lowest BCUT2D eigenvalue weighted by molar-refractivity contribution is -0.125. The van der Waals surface area contributed by atoms with Crippen molar-refractivity contribution in [2.45, 2.75) is 19.8 Å². The number of anilines is 3. The summed E-state index contributed by atoms with van der Waals surface area (Å²) in [4.78, 5) is 29.6. The van der Waals surface area contributed by atoms with Crippen LogP contribution in [0.4, 0.5) is 16.8 Å². The maximum absolute atomic E-state index is 12.7. The van der Waals surface area contributed by atoms with Gasteiger partial charge in [-0.15, -0.1) is 11.3 Å². The van der Waals surface area contributed by atoms with Crippen LogP contribution in [0.5, 0.6) is 0 Å². The number of amides is 1. The first-order valence-corrected chi connectivity index (χ1v) is 8.81. The minimum atomic E-state index is -0.465. The molecule has 2 aromatic heterocycles.